The Labute approximate surface area is 259 Å². The van der Waals surface area contributed by atoms with Crippen molar-refractivity contribution in [1.82, 2.24) is 10.2 Å². The van der Waals surface area contributed by atoms with Crippen molar-refractivity contribution < 1.29 is 28.7 Å². The predicted octanol–water partition coefficient (Wildman–Crippen LogP) is 5.96. The van der Waals surface area contributed by atoms with Crippen LogP contribution in [0.15, 0.2) is 12.7 Å². The van der Waals surface area contributed by atoms with E-state index >= 15 is 0 Å². The zero-order valence-electron chi connectivity index (χ0n) is 25.0. The molecule has 0 aromatic carbocycles. The fraction of sp³-hybridized carbons (Fsp3) is 0.781. The van der Waals surface area contributed by atoms with Gasteiger partial charge in [-0.3, -0.25) is 19.2 Å². The van der Waals surface area contributed by atoms with Crippen molar-refractivity contribution in [2.75, 3.05) is 6.54 Å². The van der Waals surface area contributed by atoms with Gasteiger partial charge >= 0.3 is 6.09 Å². The molecule has 1 saturated heterocycles. The molecule has 0 radical (unpaired) electrons. The van der Waals surface area contributed by atoms with Crippen LogP contribution in [-0.4, -0.2) is 63.3 Å². The number of piperidine rings is 1. The number of ketones is 3. The summed E-state index contributed by atoms with van der Waals surface area (Å²) in [6.07, 6.45) is 9.55. The third kappa shape index (κ3) is 7.23. The molecule has 1 aliphatic heterocycles. The van der Waals surface area contributed by atoms with Crippen molar-refractivity contribution in [3.05, 3.63) is 12.7 Å². The van der Waals surface area contributed by atoms with Gasteiger partial charge in [0.15, 0.2) is 11.6 Å². The summed E-state index contributed by atoms with van der Waals surface area (Å²) in [7, 11) is 0. The smallest absolute Gasteiger partial charge is 0.408 e. The van der Waals surface area contributed by atoms with E-state index < -0.39 is 45.9 Å². The molecule has 3 aliphatic carbocycles. The van der Waals surface area contributed by atoms with Crippen molar-refractivity contribution in [3.63, 3.8) is 0 Å². The number of likely N-dealkylation sites (tertiary alicyclic amines) is 1. The number of Topliss-reactive ketones (excluding diaryl/α,β-unsaturated/α-hetero) is 3. The van der Waals surface area contributed by atoms with Crippen LogP contribution in [0.1, 0.15) is 97.3 Å². The normalized spacial score (nSPS) is 29.7. The number of nitrogens with one attached hydrogen (secondary N) is 1. The molecule has 0 aromatic heterocycles. The maximum Gasteiger partial charge on any atom is 0.408 e. The van der Waals surface area contributed by atoms with Gasteiger partial charge in [-0.2, -0.15) is 0 Å². The van der Waals surface area contributed by atoms with E-state index in [1.165, 1.54) is 4.90 Å². The number of alkyl carbamates (subject to hydrolysis) is 1. The Balaban J connectivity index is 1.52. The summed E-state index contributed by atoms with van der Waals surface area (Å²) >= 11 is 13.1. The fourth-order valence-electron chi connectivity index (χ4n) is 7.44. The predicted molar refractivity (Wildman–Crippen MR) is 161 cm³/mol. The number of carbonyl (C=O) groups excluding carboxylic acids is 5. The van der Waals surface area contributed by atoms with Gasteiger partial charge in [-0.1, -0.05) is 45.6 Å². The van der Waals surface area contributed by atoms with E-state index in [2.05, 4.69) is 18.8 Å². The van der Waals surface area contributed by atoms with E-state index in [-0.39, 0.29) is 54.9 Å². The number of halogens is 2. The zero-order valence-corrected chi connectivity index (χ0v) is 26.5. The molecule has 1 heterocycles. The summed E-state index contributed by atoms with van der Waals surface area (Å²) in [5.41, 5.74) is 0. The first-order valence-corrected chi connectivity index (χ1v) is 16.6. The highest BCUT2D eigenvalue weighted by Gasteiger charge is 2.73. The monoisotopic (exact) mass is 624 g/mol. The molecular weight excluding hydrogens is 579 g/mol. The van der Waals surface area contributed by atoms with Gasteiger partial charge in [-0.05, 0) is 56.8 Å². The maximum atomic E-state index is 14.2. The first-order valence-electron chi connectivity index (χ1n) is 15.9. The lowest BCUT2D eigenvalue weighted by molar-refractivity contribution is -0.143. The van der Waals surface area contributed by atoms with Crippen LogP contribution in [0.4, 0.5) is 4.79 Å². The molecule has 10 heteroatoms. The Morgan fingerprint density at radius 1 is 1.07 bits per heavy atom. The molecular formula is C32H46Cl2N2O6. The maximum absolute atomic E-state index is 14.2. The number of hydrogen-bond acceptors (Lipinski definition) is 6. The topological polar surface area (TPSA) is 110 Å². The number of fused-ring (bicyclic) bond motifs is 1. The van der Waals surface area contributed by atoms with Gasteiger partial charge < -0.3 is 15.0 Å². The molecule has 2 amide bonds. The van der Waals surface area contributed by atoms with Gasteiger partial charge in [-0.15, -0.1) is 29.8 Å². The molecule has 8 nitrogen and oxygen atoms in total. The van der Waals surface area contributed by atoms with Gasteiger partial charge in [0.25, 0.3) is 0 Å². The first-order chi connectivity index (χ1) is 20.0. The minimum atomic E-state index is -1.13. The first kappa shape index (κ1) is 33.0. The highest BCUT2D eigenvalue weighted by atomic mass is 35.5. The van der Waals surface area contributed by atoms with Gasteiger partial charge in [0.2, 0.25) is 11.7 Å². The zero-order chi connectivity index (χ0) is 30.6. The highest BCUT2D eigenvalue weighted by Crippen LogP contribution is 2.65. The molecule has 1 N–H and O–H groups in total. The molecule has 3 saturated carbocycles. The summed E-state index contributed by atoms with van der Waals surface area (Å²) < 4.78 is 4.61. The minimum Gasteiger partial charge on any atom is -0.446 e. The van der Waals surface area contributed by atoms with Crippen molar-refractivity contribution in [2.45, 2.75) is 120 Å². The number of allylic oxidation sites excluding steroid dienone is 1. The van der Waals surface area contributed by atoms with Gasteiger partial charge in [-0.25, -0.2) is 4.79 Å². The van der Waals surface area contributed by atoms with Crippen molar-refractivity contribution in [3.8, 4) is 0 Å². The largest absolute Gasteiger partial charge is 0.446 e. The summed E-state index contributed by atoms with van der Waals surface area (Å²) in [5.74, 6) is -2.98. The number of carbonyl (C=O) groups is 5. The Morgan fingerprint density at radius 3 is 2.40 bits per heavy atom. The van der Waals surface area contributed by atoms with E-state index in [0.717, 1.165) is 51.4 Å². The highest BCUT2D eigenvalue weighted by molar-refractivity contribution is 6.51. The molecule has 3 unspecified atom stereocenters. The van der Waals surface area contributed by atoms with Crippen LogP contribution in [0, 0.1) is 29.6 Å². The summed E-state index contributed by atoms with van der Waals surface area (Å²) in [5, 5.41) is 2.90. The van der Waals surface area contributed by atoms with Crippen molar-refractivity contribution in [2.24, 2.45) is 29.6 Å². The molecule has 4 fully saturated rings. The average Bonchev–Trinajstić information content (AvgIpc) is 3.30. The van der Waals surface area contributed by atoms with E-state index in [4.69, 9.17) is 27.9 Å². The van der Waals surface area contributed by atoms with Crippen LogP contribution in [0.2, 0.25) is 0 Å². The Bertz CT molecular complexity index is 1060. The average molecular weight is 626 g/mol. The SMILES string of the molecule is C=CCCC(=O)C(=O)C(CCC)CC(=O)[C@@H]1[C@@H]2[C@H](CN1C(=O)[C@@H](NC(=O)OC1CCCC1C)C1CCCCC1)C2(Cl)Cl. The molecule has 0 spiro atoms. The van der Waals surface area contributed by atoms with Crippen LogP contribution < -0.4 is 5.32 Å². The van der Waals surface area contributed by atoms with E-state index in [9.17, 15) is 24.0 Å². The Morgan fingerprint density at radius 2 is 1.79 bits per heavy atom. The standard InChI is InChI=1S/C32H46Cl2N2O6/c1-4-6-15-23(37)29(39)21(11-5-2)17-24(38)28-26-22(32(26,33)34)18-36(28)30(40)27(20-13-8-7-9-14-20)35-31(41)42-25-16-10-12-19(25)3/h4,19-22,25-28H,1,5-18H2,2-3H3,(H,35,41)/t19?,21?,22-,25?,26-,27-,28+/m0/s1. The Hall–Kier alpha value is -1.93. The summed E-state index contributed by atoms with van der Waals surface area (Å²) in [4.78, 5) is 68.2. The number of rotatable bonds is 14. The molecule has 4 aliphatic rings. The van der Waals surface area contributed by atoms with E-state index in [0.29, 0.717) is 19.3 Å². The van der Waals surface area contributed by atoms with E-state index in [1.54, 1.807) is 6.08 Å². The Kier molecular flexibility index (Phi) is 11.2. The van der Waals surface area contributed by atoms with Crippen LogP contribution in [-0.2, 0) is 23.9 Å². The summed E-state index contributed by atoms with van der Waals surface area (Å²) in [6, 6.07) is -1.73. The van der Waals surface area contributed by atoms with Crippen LogP contribution in [0.5, 0.6) is 0 Å². The third-order valence-corrected chi connectivity index (χ3v) is 11.0. The van der Waals surface area contributed by atoms with Crippen molar-refractivity contribution in [1.29, 1.82) is 0 Å². The summed E-state index contributed by atoms with van der Waals surface area (Å²) in [6.45, 7) is 7.77. The second-order valence-corrected chi connectivity index (χ2v) is 14.3. The van der Waals surface area contributed by atoms with Gasteiger partial charge in [0, 0.05) is 37.1 Å². The molecule has 42 heavy (non-hydrogen) atoms. The number of alkyl halides is 2. The van der Waals surface area contributed by atoms with Crippen LogP contribution >= 0.6 is 23.2 Å². The lowest BCUT2D eigenvalue weighted by Gasteiger charge is -2.36. The van der Waals surface area contributed by atoms with E-state index in [1.807, 2.05) is 6.92 Å². The van der Waals surface area contributed by atoms with Crippen molar-refractivity contribution >= 4 is 52.6 Å². The third-order valence-electron chi connectivity index (χ3n) is 9.95. The number of amides is 2. The quantitative estimate of drug-likeness (QED) is 0.145. The molecule has 234 valence electrons. The number of nitrogens with zero attached hydrogens (tertiary/aromatic N) is 1. The lowest BCUT2D eigenvalue weighted by Crippen LogP contribution is -2.57. The molecule has 7 atom stereocenters. The second-order valence-electron chi connectivity index (χ2n) is 12.9. The van der Waals surface area contributed by atoms with Gasteiger partial charge in [0.05, 0.1) is 6.04 Å². The molecule has 4 rings (SSSR count). The number of ether oxygens (including phenoxy) is 1. The fourth-order valence-corrected chi connectivity index (χ4v) is 8.26. The molecule has 0 bridgehead atoms. The lowest BCUT2D eigenvalue weighted by atomic mass is 9.83. The van der Waals surface area contributed by atoms with Gasteiger partial charge in [0.1, 0.15) is 16.5 Å². The molecule has 0 aromatic rings. The van der Waals surface area contributed by atoms with Crippen LogP contribution in [0.3, 0.4) is 0 Å². The van der Waals surface area contributed by atoms with Crippen LogP contribution in [0.25, 0.3) is 0 Å². The number of hydrogen-bond donors (Lipinski definition) is 1. The minimum absolute atomic E-state index is 0.0619. The second kappa shape index (κ2) is 14.2.